The summed E-state index contributed by atoms with van der Waals surface area (Å²) < 4.78 is 1.70. The van der Waals surface area contributed by atoms with Gasteiger partial charge in [0.2, 0.25) is 0 Å². The number of hydrogen-bond donors (Lipinski definition) is 1. The van der Waals surface area contributed by atoms with Gasteiger partial charge in [-0.2, -0.15) is 0 Å². The molecule has 1 N–H and O–H groups in total. The van der Waals surface area contributed by atoms with E-state index in [1.165, 1.54) is 0 Å². The van der Waals surface area contributed by atoms with Crippen molar-refractivity contribution in [1.29, 1.82) is 0 Å². The standard InChI is InChI=1S/C11H19N3O/c1-8(2)7-14-6-5-12-10(11(14)15)13-9(3)4/h5-6,8-9H,7H2,1-4H3,(H,12,13). The molecule has 0 spiro atoms. The highest BCUT2D eigenvalue weighted by atomic mass is 16.1. The van der Waals surface area contributed by atoms with Crippen LogP contribution >= 0.6 is 0 Å². The highest BCUT2D eigenvalue weighted by Crippen LogP contribution is 1.99. The van der Waals surface area contributed by atoms with Gasteiger partial charge in [-0.25, -0.2) is 4.98 Å². The molecular formula is C11H19N3O. The Morgan fingerprint density at radius 1 is 1.40 bits per heavy atom. The Balaban J connectivity index is 2.95. The van der Waals surface area contributed by atoms with Gasteiger partial charge in [0.05, 0.1) is 0 Å². The van der Waals surface area contributed by atoms with Gasteiger partial charge in [0.25, 0.3) is 5.56 Å². The number of aromatic nitrogens is 2. The minimum absolute atomic E-state index is 0.0418. The maximum absolute atomic E-state index is 11.9. The summed E-state index contributed by atoms with van der Waals surface area (Å²) in [6.07, 6.45) is 3.39. The van der Waals surface area contributed by atoms with E-state index in [-0.39, 0.29) is 11.6 Å². The lowest BCUT2D eigenvalue weighted by Crippen LogP contribution is -2.27. The largest absolute Gasteiger partial charge is 0.363 e. The summed E-state index contributed by atoms with van der Waals surface area (Å²) in [5.74, 6) is 0.894. The lowest BCUT2D eigenvalue weighted by atomic mass is 10.2. The lowest BCUT2D eigenvalue weighted by Gasteiger charge is -2.12. The molecule has 1 aromatic rings. The summed E-state index contributed by atoms with van der Waals surface area (Å²) in [6.45, 7) is 8.88. The minimum atomic E-state index is -0.0418. The summed E-state index contributed by atoms with van der Waals surface area (Å²) in [6, 6.07) is 0.222. The van der Waals surface area contributed by atoms with Gasteiger partial charge >= 0.3 is 0 Å². The fourth-order valence-corrected chi connectivity index (χ4v) is 1.36. The number of nitrogens with zero attached hydrogens (tertiary/aromatic N) is 2. The molecule has 0 radical (unpaired) electrons. The van der Waals surface area contributed by atoms with Crippen molar-refractivity contribution in [1.82, 2.24) is 9.55 Å². The molecular weight excluding hydrogens is 190 g/mol. The number of nitrogens with one attached hydrogen (secondary N) is 1. The molecule has 0 atom stereocenters. The van der Waals surface area contributed by atoms with Gasteiger partial charge < -0.3 is 9.88 Å². The first-order chi connectivity index (χ1) is 7.00. The topological polar surface area (TPSA) is 46.9 Å². The zero-order valence-corrected chi connectivity index (χ0v) is 9.82. The third kappa shape index (κ3) is 3.38. The van der Waals surface area contributed by atoms with Crippen molar-refractivity contribution in [3.05, 3.63) is 22.7 Å². The molecule has 4 nitrogen and oxygen atoms in total. The maximum atomic E-state index is 11.9. The molecule has 1 aromatic heterocycles. The quantitative estimate of drug-likeness (QED) is 0.821. The molecule has 0 aliphatic heterocycles. The van der Waals surface area contributed by atoms with Crippen molar-refractivity contribution in [3.63, 3.8) is 0 Å². The zero-order chi connectivity index (χ0) is 11.4. The molecule has 0 saturated heterocycles. The van der Waals surface area contributed by atoms with Crippen LogP contribution in [0.3, 0.4) is 0 Å². The lowest BCUT2D eigenvalue weighted by molar-refractivity contribution is 0.509. The van der Waals surface area contributed by atoms with Crippen LogP contribution in [-0.4, -0.2) is 15.6 Å². The van der Waals surface area contributed by atoms with E-state index in [0.29, 0.717) is 11.7 Å². The molecule has 84 valence electrons. The smallest absolute Gasteiger partial charge is 0.293 e. The molecule has 1 rings (SSSR count). The van der Waals surface area contributed by atoms with Gasteiger partial charge in [-0.3, -0.25) is 4.79 Å². The van der Waals surface area contributed by atoms with Crippen molar-refractivity contribution >= 4 is 5.82 Å². The van der Waals surface area contributed by atoms with E-state index in [1.807, 2.05) is 13.8 Å². The fraction of sp³-hybridized carbons (Fsp3) is 0.636. The molecule has 0 unspecified atom stereocenters. The van der Waals surface area contributed by atoms with E-state index in [9.17, 15) is 4.79 Å². The summed E-state index contributed by atoms with van der Waals surface area (Å²) in [5, 5.41) is 3.04. The van der Waals surface area contributed by atoms with Crippen molar-refractivity contribution in [2.24, 2.45) is 5.92 Å². The Kier molecular flexibility index (Phi) is 3.88. The number of hydrogen-bond acceptors (Lipinski definition) is 3. The van der Waals surface area contributed by atoms with Crippen LogP contribution in [-0.2, 0) is 6.54 Å². The van der Waals surface area contributed by atoms with Crippen LogP contribution in [0.4, 0.5) is 5.82 Å². The first-order valence-corrected chi connectivity index (χ1v) is 5.32. The average molecular weight is 209 g/mol. The first-order valence-electron chi connectivity index (χ1n) is 5.32. The summed E-state index contributed by atoms with van der Waals surface area (Å²) in [5.41, 5.74) is -0.0418. The maximum Gasteiger partial charge on any atom is 0.293 e. The second kappa shape index (κ2) is 4.96. The van der Waals surface area contributed by atoms with Crippen molar-refractivity contribution < 1.29 is 0 Å². The highest BCUT2D eigenvalue weighted by Gasteiger charge is 2.06. The molecule has 0 aliphatic rings. The molecule has 0 saturated carbocycles. The van der Waals surface area contributed by atoms with E-state index in [0.717, 1.165) is 6.54 Å². The number of rotatable bonds is 4. The fourth-order valence-electron chi connectivity index (χ4n) is 1.36. The van der Waals surface area contributed by atoms with Crippen molar-refractivity contribution in [3.8, 4) is 0 Å². The Hall–Kier alpha value is -1.32. The molecule has 0 fully saturated rings. The number of anilines is 1. The van der Waals surface area contributed by atoms with E-state index in [2.05, 4.69) is 24.1 Å². The molecule has 1 heterocycles. The van der Waals surface area contributed by atoms with Gasteiger partial charge in [0.15, 0.2) is 5.82 Å². The Bertz CT molecular complexity index is 337. The molecule has 0 aliphatic carbocycles. The SMILES string of the molecule is CC(C)Cn1ccnc(NC(C)C)c1=O. The van der Waals surface area contributed by atoms with Crippen LogP contribution in [0, 0.1) is 5.92 Å². The van der Waals surface area contributed by atoms with E-state index in [1.54, 1.807) is 17.0 Å². The second-order valence-electron chi connectivity index (χ2n) is 4.43. The molecule has 0 amide bonds. The van der Waals surface area contributed by atoms with E-state index in [4.69, 9.17) is 0 Å². The van der Waals surface area contributed by atoms with Gasteiger partial charge in [-0.1, -0.05) is 13.8 Å². The summed E-state index contributed by atoms with van der Waals surface area (Å²) in [4.78, 5) is 15.9. The van der Waals surface area contributed by atoms with E-state index < -0.39 is 0 Å². The van der Waals surface area contributed by atoms with Crippen LogP contribution < -0.4 is 10.9 Å². The Morgan fingerprint density at radius 3 is 2.60 bits per heavy atom. The van der Waals surface area contributed by atoms with Gasteiger partial charge in [-0.15, -0.1) is 0 Å². The molecule has 15 heavy (non-hydrogen) atoms. The van der Waals surface area contributed by atoms with Crippen molar-refractivity contribution in [2.75, 3.05) is 5.32 Å². The van der Waals surface area contributed by atoms with Gasteiger partial charge in [-0.05, 0) is 19.8 Å². The van der Waals surface area contributed by atoms with Gasteiger partial charge in [0.1, 0.15) is 0 Å². The highest BCUT2D eigenvalue weighted by molar-refractivity contribution is 5.31. The van der Waals surface area contributed by atoms with Crippen LogP contribution in [0.5, 0.6) is 0 Å². The zero-order valence-electron chi connectivity index (χ0n) is 9.82. The predicted molar refractivity (Wildman–Crippen MR) is 62.1 cm³/mol. The summed E-state index contributed by atoms with van der Waals surface area (Å²) in [7, 11) is 0. The molecule has 4 heteroatoms. The third-order valence-electron chi connectivity index (χ3n) is 1.90. The monoisotopic (exact) mass is 209 g/mol. The molecule has 0 bridgehead atoms. The predicted octanol–water partition coefficient (Wildman–Crippen LogP) is 1.72. The Morgan fingerprint density at radius 2 is 2.07 bits per heavy atom. The second-order valence-corrected chi connectivity index (χ2v) is 4.43. The Labute approximate surface area is 90.3 Å². The van der Waals surface area contributed by atoms with Crippen LogP contribution in [0.25, 0.3) is 0 Å². The van der Waals surface area contributed by atoms with Gasteiger partial charge in [0, 0.05) is 25.0 Å². The first kappa shape index (κ1) is 11.8. The van der Waals surface area contributed by atoms with Crippen molar-refractivity contribution in [2.45, 2.75) is 40.3 Å². The molecule has 0 aromatic carbocycles. The minimum Gasteiger partial charge on any atom is -0.363 e. The van der Waals surface area contributed by atoms with Crippen LogP contribution in [0.2, 0.25) is 0 Å². The van der Waals surface area contributed by atoms with Crippen LogP contribution in [0.15, 0.2) is 17.2 Å². The summed E-state index contributed by atoms with van der Waals surface area (Å²) >= 11 is 0. The average Bonchev–Trinajstić information content (AvgIpc) is 2.10. The third-order valence-corrected chi connectivity index (χ3v) is 1.90. The van der Waals surface area contributed by atoms with E-state index >= 15 is 0 Å². The van der Waals surface area contributed by atoms with Crippen LogP contribution in [0.1, 0.15) is 27.7 Å². The normalized spacial score (nSPS) is 11.1.